The molecule has 1 aromatic heterocycles. The number of rotatable bonds is 8. The number of aliphatic hydroxyl groups is 1. The van der Waals surface area contributed by atoms with Crippen LogP contribution in [0.4, 0.5) is 18.0 Å². The maximum Gasteiger partial charge on any atom is 0.318 e. The number of hydrogen-bond acceptors (Lipinski definition) is 5. The Labute approximate surface area is 202 Å². The molecule has 2 fully saturated rings. The van der Waals surface area contributed by atoms with Crippen LogP contribution < -0.4 is 10.6 Å². The summed E-state index contributed by atoms with van der Waals surface area (Å²) in [6.45, 7) is 3.22. The first-order chi connectivity index (χ1) is 16.9. The van der Waals surface area contributed by atoms with Crippen LogP contribution >= 0.6 is 0 Å². The van der Waals surface area contributed by atoms with Crippen molar-refractivity contribution in [3.05, 3.63) is 41.9 Å². The molecule has 11 heteroatoms. The number of H-pyrrole nitrogens is 1. The predicted molar refractivity (Wildman–Crippen MR) is 123 cm³/mol. The minimum Gasteiger partial charge on any atom is -0.394 e. The fourth-order valence-corrected chi connectivity index (χ4v) is 4.78. The fourth-order valence-electron chi connectivity index (χ4n) is 4.78. The van der Waals surface area contributed by atoms with Crippen molar-refractivity contribution in [3.63, 3.8) is 0 Å². The Kier molecular flexibility index (Phi) is 8.30. The first-order valence-electron chi connectivity index (χ1n) is 12.0. The van der Waals surface area contributed by atoms with Gasteiger partial charge in [0.25, 0.3) is 0 Å². The third-order valence-corrected chi connectivity index (χ3v) is 6.74. The highest BCUT2D eigenvalue weighted by Crippen LogP contribution is 2.36. The molecular weight excluding hydrogens is 463 g/mol. The van der Waals surface area contributed by atoms with Crippen molar-refractivity contribution < 1.29 is 27.8 Å². The summed E-state index contributed by atoms with van der Waals surface area (Å²) in [4.78, 5) is 22.5. The number of carbonyl (C=O) groups is 1. The zero-order valence-electron chi connectivity index (χ0n) is 19.6. The number of hydrogen-bond donors (Lipinski definition) is 4. The van der Waals surface area contributed by atoms with Crippen molar-refractivity contribution in [1.29, 1.82) is 0 Å². The van der Waals surface area contributed by atoms with Crippen LogP contribution in [0, 0.1) is 23.5 Å². The largest absolute Gasteiger partial charge is 0.394 e. The number of aliphatic hydroxyl groups excluding tert-OH is 1. The molecule has 2 amide bonds. The van der Waals surface area contributed by atoms with Crippen LogP contribution in [-0.2, 0) is 4.74 Å². The Balaban J connectivity index is 1.71. The summed E-state index contributed by atoms with van der Waals surface area (Å²) in [5.74, 6) is -1.25. The van der Waals surface area contributed by atoms with Crippen LogP contribution in [-0.4, -0.2) is 77.7 Å². The molecule has 0 radical (unpaired) electrons. The molecule has 0 aliphatic carbocycles. The lowest BCUT2D eigenvalue weighted by molar-refractivity contribution is 0.0263. The number of imidazole rings is 1. The first-order valence-corrected chi connectivity index (χ1v) is 12.0. The Hall–Kier alpha value is -2.63. The average Bonchev–Trinajstić information content (AvgIpc) is 3.50. The van der Waals surface area contributed by atoms with Crippen LogP contribution in [0.3, 0.4) is 0 Å². The normalized spacial score (nSPS) is 22.7. The number of amides is 2. The molecule has 4 unspecified atom stereocenters. The predicted octanol–water partition coefficient (Wildman–Crippen LogP) is 2.77. The molecule has 192 valence electrons. The van der Waals surface area contributed by atoms with Gasteiger partial charge in [-0.25, -0.2) is 22.9 Å². The number of nitrogens with one attached hydrogen (secondary N) is 3. The number of urea groups is 1. The monoisotopic (exact) mass is 495 g/mol. The maximum absolute atomic E-state index is 14.6. The summed E-state index contributed by atoms with van der Waals surface area (Å²) < 4.78 is 48.3. The van der Waals surface area contributed by atoms with Gasteiger partial charge in [-0.05, 0) is 43.9 Å². The van der Waals surface area contributed by atoms with Gasteiger partial charge in [0.1, 0.15) is 23.6 Å². The third-order valence-electron chi connectivity index (χ3n) is 6.74. The lowest BCUT2D eigenvalue weighted by Crippen LogP contribution is -2.51. The molecule has 2 aliphatic heterocycles. The van der Waals surface area contributed by atoms with Crippen molar-refractivity contribution in [2.45, 2.75) is 38.0 Å². The summed E-state index contributed by atoms with van der Waals surface area (Å²) in [7, 11) is 0. The lowest BCUT2D eigenvalue weighted by atomic mass is 9.89. The molecule has 2 aromatic rings. The van der Waals surface area contributed by atoms with Gasteiger partial charge in [-0.2, -0.15) is 0 Å². The van der Waals surface area contributed by atoms with Crippen LogP contribution in [0.15, 0.2) is 24.4 Å². The van der Waals surface area contributed by atoms with Gasteiger partial charge in [0.15, 0.2) is 0 Å². The summed E-state index contributed by atoms with van der Waals surface area (Å²) in [6, 6.07) is 1.64. The Bertz CT molecular complexity index is 1000. The van der Waals surface area contributed by atoms with Gasteiger partial charge in [0, 0.05) is 44.3 Å². The maximum atomic E-state index is 14.6. The highest BCUT2D eigenvalue weighted by Gasteiger charge is 2.39. The molecule has 1 aromatic carbocycles. The molecular formula is C24H32F3N5O3. The standard InChI is InChI=1S/C24H32F3N5O3/c1-14(13-33)30-24(34)32(12-16-9-28-10-20(16)27)22(15-4-6-35-7-5-15)23-29-11-21(31-23)18-8-17(25)2-3-19(18)26/h2-3,8,11,14-16,20,22,28,33H,4-7,9-10,12-13H2,1H3,(H,29,31)(H,30,34). The highest BCUT2D eigenvalue weighted by atomic mass is 19.1. The van der Waals surface area contributed by atoms with Gasteiger partial charge in [0.2, 0.25) is 0 Å². The van der Waals surface area contributed by atoms with E-state index in [0.717, 1.165) is 18.2 Å². The van der Waals surface area contributed by atoms with Crippen LogP contribution in [0.25, 0.3) is 11.3 Å². The summed E-state index contributed by atoms with van der Waals surface area (Å²) in [5.41, 5.74) is 0.312. The van der Waals surface area contributed by atoms with Crippen molar-refractivity contribution in [2.75, 3.05) is 39.5 Å². The van der Waals surface area contributed by atoms with Crippen LogP contribution in [0.2, 0.25) is 0 Å². The molecule has 2 saturated heterocycles. The molecule has 4 N–H and O–H groups in total. The van der Waals surface area contributed by atoms with Crippen molar-refractivity contribution in [1.82, 2.24) is 25.5 Å². The molecule has 8 nitrogen and oxygen atoms in total. The minimum atomic E-state index is -1.11. The van der Waals surface area contributed by atoms with Crippen molar-refractivity contribution in [2.24, 2.45) is 11.8 Å². The average molecular weight is 496 g/mol. The highest BCUT2D eigenvalue weighted by molar-refractivity contribution is 5.75. The molecule has 4 rings (SSSR count). The molecule has 4 atom stereocenters. The van der Waals surface area contributed by atoms with E-state index in [-0.39, 0.29) is 36.9 Å². The number of nitrogens with zero attached hydrogens (tertiary/aromatic N) is 2. The zero-order valence-corrected chi connectivity index (χ0v) is 19.6. The number of benzene rings is 1. The summed E-state index contributed by atoms with van der Waals surface area (Å²) in [6.07, 6.45) is 1.61. The van der Waals surface area contributed by atoms with E-state index in [1.54, 1.807) is 11.8 Å². The molecule has 0 bridgehead atoms. The fraction of sp³-hybridized carbons (Fsp3) is 0.583. The smallest absolute Gasteiger partial charge is 0.318 e. The second kappa shape index (κ2) is 11.4. The number of carbonyl (C=O) groups excluding carboxylic acids is 1. The second-order valence-corrected chi connectivity index (χ2v) is 9.32. The van der Waals surface area contributed by atoms with Gasteiger partial charge in [0.05, 0.1) is 30.6 Å². The SMILES string of the molecule is CC(CO)NC(=O)N(CC1CNCC1F)C(c1ncc(-c2cc(F)ccc2F)[nH]1)C1CCOCC1. The summed E-state index contributed by atoms with van der Waals surface area (Å²) >= 11 is 0. The van der Waals surface area contributed by atoms with Crippen molar-refractivity contribution in [3.8, 4) is 11.3 Å². The number of aromatic nitrogens is 2. The Morgan fingerprint density at radius 2 is 2.09 bits per heavy atom. The Morgan fingerprint density at radius 1 is 1.31 bits per heavy atom. The third kappa shape index (κ3) is 5.96. The van der Waals surface area contributed by atoms with E-state index in [0.29, 0.717) is 38.4 Å². The van der Waals surface area contributed by atoms with Gasteiger partial charge in [-0.15, -0.1) is 0 Å². The van der Waals surface area contributed by atoms with Crippen LogP contribution in [0.5, 0.6) is 0 Å². The number of aromatic amines is 1. The van der Waals surface area contributed by atoms with Crippen molar-refractivity contribution >= 4 is 6.03 Å². The van der Waals surface area contributed by atoms with E-state index >= 15 is 0 Å². The Morgan fingerprint density at radius 3 is 2.77 bits per heavy atom. The van der Waals surface area contributed by atoms with E-state index in [2.05, 4.69) is 20.6 Å². The molecule has 2 aliphatic rings. The number of alkyl halides is 1. The minimum absolute atomic E-state index is 0.0307. The van der Waals surface area contributed by atoms with Gasteiger partial charge in [-0.3, -0.25) is 0 Å². The quantitative estimate of drug-likeness (QED) is 0.451. The van der Waals surface area contributed by atoms with E-state index in [1.165, 1.54) is 6.20 Å². The zero-order chi connectivity index (χ0) is 24.9. The van der Waals surface area contributed by atoms with E-state index in [4.69, 9.17) is 4.74 Å². The van der Waals surface area contributed by atoms with E-state index < -0.39 is 41.8 Å². The van der Waals surface area contributed by atoms with Gasteiger partial charge >= 0.3 is 6.03 Å². The summed E-state index contributed by atoms with van der Waals surface area (Å²) in [5, 5.41) is 15.3. The number of halogens is 3. The molecule has 3 heterocycles. The van der Waals surface area contributed by atoms with E-state index in [1.807, 2.05) is 0 Å². The molecule has 0 saturated carbocycles. The lowest BCUT2D eigenvalue weighted by Gasteiger charge is -2.39. The van der Waals surface area contributed by atoms with E-state index in [9.17, 15) is 23.1 Å². The second-order valence-electron chi connectivity index (χ2n) is 9.32. The van der Waals surface area contributed by atoms with Crippen LogP contribution in [0.1, 0.15) is 31.6 Å². The van der Waals surface area contributed by atoms with Gasteiger partial charge < -0.3 is 30.4 Å². The van der Waals surface area contributed by atoms with Gasteiger partial charge in [-0.1, -0.05) is 0 Å². The molecule has 35 heavy (non-hydrogen) atoms. The number of ether oxygens (including phenoxy) is 1. The molecule has 0 spiro atoms. The topological polar surface area (TPSA) is 103 Å². The first kappa shape index (κ1) is 25.5.